The van der Waals surface area contributed by atoms with Crippen molar-refractivity contribution in [2.75, 3.05) is 6.54 Å². The fourth-order valence-corrected chi connectivity index (χ4v) is 0.826. The molecule has 0 radical (unpaired) electrons. The first-order chi connectivity index (χ1) is 6.76. The van der Waals surface area contributed by atoms with Gasteiger partial charge in [0.05, 0.1) is 0 Å². The number of carbonyl (C=O) groups excluding carboxylic acids is 1. The number of amides is 1. The van der Waals surface area contributed by atoms with E-state index >= 15 is 0 Å². The number of ether oxygens (including phenoxy) is 1. The van der Waals surface area contributed by atoms with E-state index in [-0.39, 0.29) is 6.54 Å². The van der Waals surface area contributed by atoms with Gasteiger partial charge in [0.2, 0.25) is 0 Å². The largest absolute Gasteiger partial charge is 0.444 e. The van der Waals surface area contributed by atoms with Crippen molar-refractivity contribution in [3.05, 3.63) is 12.7 Å². The lowest BCUT2D eigenvalue weighted by molar-refractivity contribution is -0.0691. The van der Waals surface area contributed by atoms with Gasteiger partial charge in [-0.3, -0.25) is 0 Å². The van der Waals surface area contributed by atoms with Crippen molar-refractivity contribution in [2.24, 2.45) is 5.92 Å². The molecule has 0 aromatic rings. The molecule has 0 fully saturated rings. The summed E-state index contributed by atoms with van der Waals surface area (Å²) in [6.45, 7) is 8.75. The zero-order valence-corrected chi connectivity index (χ0v) is 9.36. The number of carbonyl (C=O) groups is 1. The predicted octanol–water partition coefficient (Wildman–Crippen LogP) is 0.624. The summed E-state index contributed by atoms with van der Waals surface area (Å²) in [7, 11) is 0. The molecule has 5 nitrogen and oxygen atoms in total. The van der Waals surface area contributed by atoms with Crippen LogP contribution in [0.3, 0.4) is 0 Å². The number of nitrogens with one attached hydrogen (secondary N) is 1. The second-order valence-electron chi connectivity index (χ2n) is 4.20. The van der Waals surface area contributed by atoms with Crippen LogP contribution < -0.4 is 5.32 Å². The SMILES string of the molecule is C=C[C@H](CNC(=O)OC(C)(C)C)C(O)O. The molecule has 0 aromatic heterocycles. The molecule has 88 valence electrons. The van der Waals surface area contributed by atoms with Gasteiger partial charge < -0.3 is 20.3 Å². The van der Waals surface area contributed by atoms with Crippen LogP contribution in [-0.2, 0) is 4.74 Å². The first-order valence-electron chi connectivity index (χ1n) is 4.72. The van der Waals surface area contributed by atoms with Gasteiger partial charge in [-0.05, 0) is 20.8 Å². The summed E-state index contributed by atoms with van der Waals surface area (Å²) in [5.41, 5.74) is -0.564. The van der Waals surface area contributed by atoms with Gasteiger partial charge in [-0.15, -0.1) is 6.58 Å². The average molecular weight is 217 g/mol. The Hall–Kier alpha value is -1.07. The van der Waals surface area contributed by atoms with Crippen molar-refractivity contribution in [1.82, 2.24) is 5.32 Å². The summed E-state index contributed by atoms with van der Waals surface area (Å²) in [5, 5.41) is 20.1. The Labute approximate surface area is 89.7 Å². The van der Waals surface area contributed by atoms with E-state index < -0.39 is 23.9 Å². The quantitative estimate of drug-likeness (QED) is 0.476. The van der Waals surface area contributed by atoms with Crippen LogP contribution in [0.4, 0.5) is 4.79 Å². The Kier molecular flexibility index (Phi) is 5.32. The highest BCUT2D eigenvalue weighted by atomic mass is 16.6. The summed E-state index contributed by atoms with van der Waals surface area (Å²) >= 11 is 0. The van der Waals surface area contributed by atoms with Crippen LogP contribution in [0.25, 0.3) is 0 Å². The fraction of sp³-hybridized carbons (Fsp3) is 0.700. The van der Waals surface area contributed by atoms with Crippen LogP contribution in [0, 0.1) is 5.92 Å². The second-order valence-corrected chi connectivity index (χ2v) is 4.20. The highest BCUT2D eigenvalue weighted by Gasteiger charge is 2.18. The minimum atomic E-state index is -1.53. The van der Waals surface area contributed by atoms with E-state index in [0.717, 1.165) is 0 Å². The lowest BCUT2D eigenvalue weighted by Crippen LogP contribution is -2.37. The van der Waals surface area contributed by atoms with Crippen LogP contribution in [0.2, 0.25) is 0 Å². The Morgan fingerprint density at radius 3 is 2.40 bits per heavy atom. The third kappa shape index (κ3) is 6.93. The standard InChI is InChI=1S/C10H19NO4/c1-5-7(8(12)13)6-11-9(14)15-10(2,3)4/h5,7-8,12-13H,1,6H2,2-4H3,(H,11,14)/t7-/m1/s1. The monoisotopic (exact) mass is 217 g/mol. The molecule has 0 unspecified atom stereocenters. The number of rotatable bonds is 4. The molecule has 0 spiro atoms. The van der Waals surface area contributed by atoms with Crippen LogP contribution in [0.1, 0.15) is 20.8 Å². The third-order valence-electron chi connectivity index (χ3n) is 1.57. The maximum Gasteiger partial charge on any atom is 0.407 e. The van der Waals surface area contributed by atoms with E-state index in [0.29, 0.717) is 0 Å². The van der Waals surface area contributed by atoms with Crippen molar-refractivity contribution >= 4 is 6.09 Å². The van der Waals surface area contributed by atoms with Crippen LogP contribution in [0.5, 0.6) is 0 Å². The van der Waals surface area contributed by atoms with Gasteiger partial charge in [-0.2, -0.15) is 0 Å². The van der Waals surface area contributed by atoms with Gasteiger partial charge in [0.1, 0.15) is 5.60 Å². The minimum Gasteiger partial charge on any atom is -0.444 e. The molecule has 0 aromatic carbocycles. The maximum absolute atomic E-state index is 11.2. The Balaban J connectivity index is 3.94. The number of alkyl carbamates (subject to hydrolysis) is 1. The molecule has 0 aliphatic heterocycles. The Morgan fingerprint density at radius 1 is 1.53 bits per heavy atom. The molecule has 0 aliphatic rings. The highest BCUT2D eigenvalue weighted by molar-refractivity contribution is 5.67. The van der Waals surface area contributed by atoms with Crippen LogP contribution in [0.15, 0.2) is 12.7 Å². The molecule has 0 aliphatic carbocycles. The molecule has 0 saturated carbocycles. The number of hydrogen-bond acceptors (Lipinski definition) is 4. The van der Waals surface area contributed by atoms with Gasteiger partial charge in [0.25, 0.3) is 0 Å². The fourth-order valence-electron chi connectivity index (χ4n) is 0.826. The van der Waals surface area contributed by atoms with Crippen molar-refractivity contribution in [3.63, 3.8) is 0 Å². The Bertz CT molecular complexity index is 220. The molecule has 15 heavy (non-hydrogen) atoms. The molecule has 1 amide bonds. The zero-order valence-electron chi connectivity index (χ0n) is 9.36. The maximum atomic E-state index is 11.2. The van der Waals surface area contributed by atoms with E-state index in [4.69, 9.17) is 14.9 Å². The summed E-state index contributed by atoms with van der Waals surface area (Å²) in [6, 6.07) is 0. The van der Waals surface area contributed by atoms with E-state index in [9.17, 15) is 4.79 Å². The van der Waals surface area contributed by atoms with Gasteiger partial charge in [0.15, 0.2) is 6.29 Å². The summed E-state index contributed by atoms with van der Waals surface area (Å²) in [5.74, 6) is -0.600. The molecule has 0 rings (SSSR count). The van der Waals surface area contributed by atoms with Crippen molar-refractivity contribution in [2.45, 2.75) is 32.7 Å². The van der Waals surface area contributed by atoms with E-state index in [1.165, 1.54) is 6.08 Å². The highest BCUT2D eigenvalue weighted by Crippen LogP contribution is 2.07. The molecular formula is C10H19NO4. The predicted molar refractivity (Wildman–Crippen MR) is 56.1 cm³/mol. The first kappa shape index (κ1) is 13.9. The van der Waals surface area contributed by atoms with E-state index in [2.05, 4.69) is 11.9 Å². The van der Waals surface area contributed by atoms with Gasteiger partial charge in [0, 0.05) is 12.5 Å². The zero-order chi connectivity index (χ0) is 12.1. The van der Waals surface area contributed by atoms with Gasteiger partial charge in [-0.25, -0.2) is 4.79 Å². The molecule has 5 heteroatoms. The lowest BCUT2D eigenvalue weighted by atomic mass is 10.1. The van der Waals surface area contributed by atoms with Crippen molar-refractivity contribution < 1.29 is 19.7 Å². The molecule has 0 bridgehead atoms. The topological polar surface area (TPSA) is 78.8 Å². The molecule has 0 saturated heterocycles. The summed E-state index contributed by atoms with van der Waals surface area (Å²) in [4.78, 5) is 11.2. The summed E-state index contributed by atoms with van der Waals surface area (Å²) in [6.07, 6.45) is -0.755. The summed E-state index contributed by atoms with van der Waals surface area (Å²) < 4.78 is 4.96. The first-order valence-corrected chi connectivity index (χ1v) is 4.72. The second kappa shape index (κ2) is 5.72. The molecule has 0 heterocycles. The van der Waals surface area contributed by atoms with E-state index in [1.807, 2.05) is 0 Å². The van der Waals surface area contributed by atoms with Gasteiger partial charge in [-0.1, -0.05) is 6.08 Å². The number of hydrogen-bond donors (Lipinski definition) is 3. The Morgan fingerprint density at radius 2 is 2.07 bits per heavy atom. The van der Waals surface area contributed by atoms with Gasteiger partial charge >= 0.3 is 6.09 Å². The number of aliphatic hydroxyl groups excluding tert-OH is 1. The van der Waals surface area contributed by atoms with Crippen molar-refractivity contribution in [3.8, 4) is 0 Å². The minimum absolute atomic E-state index is 0.0794. The smallest absolute Gasteiger partial charge is 0.407 e. The van der Waals surface area contributed by atoms with Crippen LogP contribution in [-0.4, -0.2) is 34.7 Å². The lowest BCUT2D eigenvalue weighted by Gasteiger charge is -2.21. The third-order valence-corrected chi connectivity index (χ3v) is 1.57. The average Bonchev–Trinajstić information content (AvgIpc) is 2.01. The molecule has 1 atom stereocenters. The molecular weight excluding hydrogens is 198 g/mol. The van der Waals surface area contributed by atoms with Crippen LogP contribution >= 0.6 is 0 Å². The normalized spacial score (nSPS) is 13.5. The molecule has 3 N–H and O–H groups in total. The van der Waals surface area contributed by atoms with Crippen molar-refractivity contribution in [1.29, 1.82) is 0 Å². The van der Waals surface area contributed by atoms with E-state index in [1.54, 1.807) is 20.8 Å². The number of aliphatic hydroxyl groups is 2.